The van der Waals surface area contributed by atoms with Gasteiger partial charge in [-0.15, -0.1) is 0 Å². The van der Waals surface area contributed by atoms with Crippen LogP contribution in [-0.2, 0) is 26.0 Å². The molecule has 1 unspecified atom stereocenters. The van der Waals surface area contributed by atoms with E-state index in [1.165, 1.54) is 11.1 Å². The zero-order valence-corrected chi connectivity index (χ0v) is 14.8. The number of fused-ring (bicyclic) bond motifs is 1. The van der Waals surface area contributed by atoms with Crippen LogP contribution in [0.2, 0.25) is 0 Å². The van der Waals surface area contributed by atoms with E-state index in [1.54, 1.807) is 0 Å². The van der Waals surface area contributed by atoms with Crippen LogP contribution in [-0.4, -0.2) is 37.7 Å². The van der Waals surface area contributed by atoms with Crippen LogP contribution in [0.1, 0.15) is 44.7 Å². The maximum absolute atomic E-state index is 12.0. The number of rotatable bonds is 5. The molecule has 1 fully saturated rings. The third-order valence-electron chi connectivity index (χ3n) is 4.64. The molecule has 0 bridgehead atoms. The lowest BCUT2D eigenvalue weighted by molar-refractivity contribution is -0.0521. The second-order valence-electron chi connectivity index (χ2n) is 7.68. The van der Waals surface area contributed by atoms with Crippen molar-refractivity contribution in [2.45, 2.75) is 57.3 Å². The first kappa shape index (κ1) is 17.2. The molecule has 1 aliphatic heterocycles. The predicted molar refractivity (Wildman–Crippen MR) is 91.0 cm³/mol. The van der Waals surface area contributed by atoms with Gasteiger partial charge in [0.2, 0.25) is 0 Å². The maximum Gasteiger partial charge on any atom is 0.407 e. The Balaban J connectivity index is 1.64. The minimum absolute atomic E-state index is 0.0528. The Morgan fingerprint density at radius 3 is 2.67 bits per heavy atom. The molecule has 1 atom stereocenters. The van der Waals surface area contributed by atoms with Crippen molar-refractivity contribution in [3.8, 4) is 0 Å². The first-order chi connectivity index (χ1) is 11.4. The molecular weight excluding hydrogens is 306 g/mol. The predicted octanol–water partition coefficient (Wildman–Crippen LogP) is 3.16. The van der Waals surface area contributed by atoms with Gasteiger partial charge in [-0.1, -0.05) is 24.3 Å². The SMILES string of the molecule is CC(C)(C)OC(=O)NCC1(CCC2OCCO2)Cc2ccccc21. The lowest BCUT2D eigenvalue weighted by Gasteiger charge is -2.45. The summed E-state index contributed by atoms with van der Waals surface area (Å²) in [5.41, 5.74) is 2.14. The fourth-order valence-electron chi connectivity index (χ4n) is 3.54. The Kier molecular flexibility index (Phi) is 4.83. The van der Waals surface area contributed by atoms with E-state index >= 15 is 0 Å². The highest BCUT2D eigenvalue weighted by Crippen LogP contribution is 2.44. The minimum Gasteiger partial charge on any atom is -0.444 e. The highest BCUT2D eigenvalue weighted by molar-refractivity contribution is 5.68. The van der Waals surface area contributed by atoms with Crippen LogP contribution < -0.4 is 5.32 Å². The summed E-state index contributed by atoms with van der Waals surface area (Å²) in [5, 5.41) is 2.96. The highest BCUT2D eigenvalue weighted by atomic mass is 16.7. The average Bonchev–Trinajstić information content (AvgIpc) is 2.99. The van der Waals surface area contributed by atoms with Crippen molar-refractivity contribution in [1.82, 2.24) is 5.32 Å². The minimum atomic E-state index is -0.486. The summed E-state index contributed by atoms with van der Waals surface area (Å²) in [4.78, 5) is 12.0. The van der Waals surface area contributed by atoms with E-state index in [0.717, 1.165) is 19.3 Å². The molecule has 0 saturated carbocycles. The number of benzene rings is 1. The third kappa shape index (κ3) is 3.90. The molecule has 0 aromatic heterocycles. The molecule has 0 radical (unpaired) electrons. The molecule has 5 nitrogen and oxygen atoms in total. The van der Waals surface area contributed by atoms with Crippen LogP contribution in [0.5, 0.6) is 0 Å². The lowest BCUT2D eigenvalue weighted by atomic mass is 9.61. The number of amides is 1. The van der Waals surface area contributed by atoms with Crippen LogP contribution in [0.25, 0.3) is 0 Å². The largest absolute Gasteiger partial charge is 0.444 e. The van der Waals surface area contributed by atoms with Crippen molar-refractivity contribution in [2.24, 2.45) is 0 Å². The van der Waals surface area contributed by atoms with E-state index in [0.29, 0.717) is 19.8 Å². The number of carbonyl (C=O) groups is 1. The fourth-order valence-corrected chi connectivity index (χ4v) is 3.54. The zero-order chi connectivity index (χ0) is 17.2. The van der Waals surface area contributed by atoms with E-state index in [-0.39, 0.29) is 17.8 Å². The summed E-state index contributed by atoms with van der Waals surface area (Å²) in [6, 6.07) is 8.44. The quantitative estimate of drug-likeness (QED) is 0.899. The summed E-state index contributed by atoms with van der Waals surface area (Å²) in [6.45, 7) is 7.53. The molecule has 1 aromatic carbocycles. The molecule has 1 N–H and O–H groups in total. The first-order valence-corrected chi connectivity index (χ1v) is 8.66. The molecule has 1 saturated heterocycles. The molecule has 0 spiro atoms. The van der Waals surface area contributed by atoms with Crippen LogP contribution >= 0.6 is 0 Å². The van der Waals surface area contributed by atoms with Crippen LogP contribution in [0, 0.1) is 0 Å². The van der Waals surface area contributed by atoms with Gasteiger partial charge < -0.3 is 19.5 Å². The zero-order valence-electron chi connectivity index (χ0n) is 14.8. The van der Waals surface area contributed by atoms with E-state index < -0.39 is 5.60 Å². The van der Waals surface area contributed by atoms with Crippen molar-refractivity contribution in [1.29, 1.82) is 0 Å². The molecule has 3 rings (SSSR count). The molecule has 1 aliphatic carbocycles. The third-order valence-corrected chi connectivity index (χ3v) is 4.64. The van der Waals surface area contributed by atoms with Gasteiger partial charge in [-0.2, -0.15) is 0 Å². The summed E-state index contributed by atoms with van der Waals surface area (Å²) in [5.74, 6) is 0. The smallest absolute Gasteiger partial charge is 0.407 e. The number of carbonyl (C=O) groups excluding carboxylic acids is 1. The molecular formula is C19H27NO4. The van der Waals surface area contributed by atoms with Crippen molar-refractivity contribution in [3.63, 3.8) is 0 Å². The molecule has 24 heavy (non-hydrogen) atoms. The number of ether oxygens (including phenoxy) is 3. The topological polar surface area (TPSA) is 56.8 Å². The average molecular weight is 333 g/mol. The summed E-state index contributed by atoms with van der Waals surface area (Å²) in [7, 11) is 0. The maximum atomic E-state index is 12.0. The van der Waals surface area contributed by atoms with Gasteiger partial charge in [0.25, 0.3) is 0 Å². The Hall–Kier alpha value is -1.59. The van der Waals surface area contributed by atoms with Gasteiger partial charge in [0.15, 0.2) is 6.29 Å². The molecule has 5 heteroatoms. The van der Waals surface area contributed by atoms with E-state index in [1.807, 2.05) is 20.8 Å². The fraction of sp³-hybridized carbons (Fsp3) is 0.632. The summed E-state index contributed by atoms with van der Waals surface area (Å²) in [6.07, 6.45) is 2.25. The van der Waals surface area contributed by atoms with Crippen molar-refractivity contribution in [3.05, 3.63) is 35.4 Å². The molecule has 1 aromatic rings. The van der Waals surface area contributed by atoms with E-state index in [2.05, 4.69) is 29.6 Å². The molecule has 1 heterocycles. The van der Waals surface area contributed by atoms with Gasteiger partial charge >= 0.3 is 6.09 Å². The van der Waals surface area contributed by atoms with E-state index in [9.17, 15) is 4.79 Å². The van der Waals surface area contributed by atoms with Crippen LogP contribution in [0.4, 0.5) is 4.79 Å². The van der Waals surface area contributed by atoms with Crippen LogP contribution in [0.15, 0.2) is 24.3 Å². The van der Waals surface area contributed by atoms with Gasteiger partial charge in [0, 0.05) is 12.0 Å². The van der Waals surface area contributed by atoms with Crippen molar-refractivity contribution in [2.75, 3.05) is 19.8 Å². The summed E-state index contributed by atoms with van der Waals surface area (Å²) >= 11 is 0. The van der Waals surface area contributed by atoms with E-state index in [4.69, 9.17) is 14.2 Å². The molecule has 2 aliphatic rings. The second kappa shape index (κ2) is 6.73. The standard InChI is InChI=1S/C19H27NO4/c1-18(2,3)24-17(21)20-13-19(9-8-16-22-10-11-23-16)12-14-6-4-5-7-15(14)19/h4-7,16H,8-13H2,1-3H3,(H,20,21). The first-order valence-electron chi connectivity index (χ1n) is 8.66. The van der Waals surface area contributed by atoms with Gasteiger partial charge in [0.1, 0.15) is 5.60 Å². The Morgan fingerprint density at radius 1 is 1.29 bits per heavy atom. The van der Waals surface area contributed by atoms with Crippen molar-refractivity contribution >= 4 is 6.09 Å². The molecule has 1 amide bonds. The van der Waals surface area contributed by atoms with Gasteiger partial charge in [-0.3, -0.25) is 0 Å². The normalized spacial score (nSPS) is 23.5. The van der Waals surface area contributed by atoms with Crippen LogP contribution in [0.3, 0.4) is 0 Å². The number of nitrogens with one attached hydrogen (secondary N) is 1. The van der Waals surface area contributed by atoms with Crippen molar-refractivity contribution < 1.29 is 19.0 Å². The highest BCUT2D eigenvalue weighted by Gasteiger charge is 2.43. The number of hydrogen-bond donors (Lipinski definition) is 1. The van der Waals surface area contributed by atoms with Gasteiger partial charge in [-0.05, 0) is 51.2 Å². The molecule has 132 valence electrons. The summed E-state index contributed by atoms with van der Waals surface area (Å²) < 4.78 is 16.5. The lowest BCUT2D eigenvalue weighted by Crippen LogP contribution is -2.49. The monoisotopic (exact) mass is 333 g/mol. The van der Waals surface area contributed by atoms with Gasteiger partial charge in [0.05, 0.1) is 13.2 Å². The second-order valence-corrected chi connectivity index (χ2v) is 7.68. The van der Waals surface area contributed by atoms with Gasteiger partial charge in [-0.25, -0.2) is 4.79 Å². The Labute approximate surface area is 143 Å². The number of alkyl carbamates (subject to hydrolysis) is 1. The Bertz CT molecular complexity index is 589. The Morgan fingerprint density at radius 2 is 2.00 bits per heavy atom. The number of hydrogen-bond acceptors (Lipinski definition) is 4.